The van der Waals surface area contributed by atoms with Gasteiger partial charge >= 0.3 is 0 Å². The number of amides is 2. The second-order valence-corrected chi connectivity index (χ2v) is 9.04. The number of piperidine rings is 1. The van der Waals surface area contributed by atoms with Crippen molar-refractivity contribution >= 4 is 23.4 Å². The molecule has 1 atom stereocenters. The summed E-state index contributed by atoms with van der Waals surface area (Å²) in [6, 6.07) is 6.98. The maximum atomic E-state index is 13.0. The lowest BCUT2D eigenvalue weighted by Crippen LogP contribution is -2.51. The van der Waals surface area contributed by atoms with Gasteiger partial charge in [-0.2, -0.15) is 5.10 Å². The number of hydrogen-bond donors (Lipinski definition) is 1. The zero-order valence-electron chi connectivity index (χ0n) is 17.7. The molecule has 0 aliphatic carbocycles. The third kappa shape index (κ3) is 5.39. The van der Waals surface area contributed by atoms with Crippen LogP contribution in [0.1, 0.15) is 48.9 Å². The van der Waals surface area contributed by atoms with Gasteiger partial charge in [0.25, 0.3) is 5.91 Å². The van der Waals surface area contributed by atoms with Crippen molar-refractivity contribution < 1.29 is 14.3 Å². The number of carbonyl (C=O) groups is 2. The summed E-state index contributed by atoms with van der Waals surface area (Å²) in [5.41, 5.74) is 0.345. The lowest BCUT2D eigenvalue weighted by Gasteiger charge is -2.43. The molecule has 7 nitrogen and oxygen atoms in total. The molecule has 4 rings (SSSR count). The van der Waals surface area contributed by atoms with E-state index in [2.05, 4.69) is 10.4 Å². The summed E-state index contributed by atoms with van der Waals surface area (Å²) in [7, 11) is 0. The average molecular weight is 445 g/mol. The van der Waals surface area contributed by atoms with Gasteiger partial charge in [-0.15, -0.1) is 0 Å². The molecule has 3 heterocycles. The fourth-order valence-corrected chi connectivity index (χ4v) is 4.79. The Morgan fingerprint density at radius 3 is 2.94 bits per heavy atom. The largest absolute Gasteiger partial charge is 0.493 e. The zero-order valence-corrected chi connectivity index (χ0v) is 18.4. The monoisotopic (exact) mass is 444 g/mol. The first-order chi connectivity index (χ1) is 15.0. The van der Waals surface area contributed by atoms with E-state index in [-0.39, 0.29) is 23.8 Å². The van der Waals surface area contributed by atoms with E-state index in [0.29, 0.717) is 36.0 Å². The van der Waals surface area contributed by atoms with E-state index in [9.17, 15) is 9.59 Å². The fraction of sp³-hybridized carbons (Fsp3) is 0.522. The normalized spacial score (nSPS) is 22.6. The Hall–Kier alpha value is -2.54. The Kier molecular flexibility index (Phi) is 6.80. The lowest BCUT2D eigenvalue weighted by molar-refractivity contribution is -0.135. The smallest absolute Gasteiger partial charge is 0.255 e. The van der Waals surface area contributed by atoms with Gasteiger partial charge in [-0.1, -0.05) is 24.4 Å². The Bertz CT molecular complexity index is 918. The number of aromatic nitrogens is 2. The van der Waals surface area contributed by atoms with Crippen LogP contribution in [-0.4, -0.2) is 52.7 Å². The van der Waals surface area contributed by atoms with Crippen molar-refractivity contribution in [3.63, 3.8) is 0 Å². The minimum atomic E-state index is -0.183. The number of nitrogens with one attached hydrogen (secondary N) is 1. The van der Waals surface area contributed by atoms with E-state index < -0.39 is 0 Å². The molecule has 0 saturated carbocycles. The van der Waals surface area contributed by atoms with Crippen LogP contribution >= 0.6 is 11.6 Å². The summed E-state index contributed by atoms with van der Waals surface area (Å²) in [6.07, 6.45) is 9.43. The molecule has 1 fully saturated rings. The zero-order chi connectivity index (χ0) is 21.7. The van der Waals surface area contributed by atoms with Crippen LogP contribution in [0.25, 0.3) is 0 Å². The molecular weight excluding hydrogens is 416 g/mol. The van der Waals surface area contributed by atoms with Crippen molar-refractivity contribution in [3.05, 3.63) is 47.2 Å². The summed E-state index contributed by atoms with van der Waals surface area (Å²) in [6.45, 7) is 2.76. The van der Waals surface area contributed by atoms with Crippen LogP contribution in [0.5, 0.6) is 5.75 Å². The number of benzene rings is 1. The molecule has 8 heteroatoms. The first-order valence-corrected chi connectivity index (χ1v) is 11.4. The fourth-order valence-electron chi connectivity index (χ4n) is 4.62. The number of ether oxygens (including phenoxy) is 1. The number of nitrogens with zero attached hydrogens (tertiary/aromatic N) is 3. The van der Waals surface area contributed by atoms with Gasteiger partial charge in [0, 0.05) is 42.5 Å². The Morgan fingerprint density at radius 2 is 2.10 bits per heavy atom. The topological polar surface area (TPSA) is 76.5 Å². The van der Waals surface area contributed by atoms with Crippen LogP contribution in [0.3, 0.4) is 0 Å². The Labute approximate surface area is 187 Å². The van der Waals surface area contributed by atoms with E-state index in [1.54, 1.807) is 35.3 Å². The predicted octanol–water partition coefficient (Wildman–Crippen LogP) is 3.53. The number of halogens is 1. The van der Waals surface area contributed by atoms with Gasteiger partial charge in [0.05, 0.1) is 12.2 Å². The van der Waals surface area contributed by atoms with Crippen molar-refractivity contribution in [1.29, 1.82) is 0 Å². The van der Waals surface area contributed by atoms with E-state index in [1.807, 2.05) is 11.0 Å². The number of hydrogen-bond acceptors (Lipinski definition) is 4. The van der Waals surface area contributed by atoms with Crippen molar-refractivity contribution in [2.75, 3.05) is 26.2 Å². The third-order valence-corrected chi connectivity index (χ3v) is 6.52. The number of fused-ring (bicyclic) bond motifs is 1. The molecule has 2 amide bonds. The maximum absolute atomic E-state index is 13.0. The third-order valence-electron chi connectivity index (χ3n) is 6.29. The quantitative estimate of drug-likeness (QED) is 0.768. The van der Waals surface area contributed by atoms with Crippen LogP contribution < -0.4 is 10.1 Å². The maximum Gasteiger partial charge on any atom is 0.255 e. The van der Waals surface area contributed by atoms with Gasteiger partial charge in [0.2, 0.25) is 5.91 Å². The summed E-state index contributed by atoms with van der Waals surface area (Å²) in [5.74, 6) is 0.458. The molecule has 0 bridgehead atoms. The average Bonchev–Trinajstić information content (AvgIpc) is 3.28. The second kappa shape index (κ2) is 9.73. The molecule has 1 spiro atoms. The molecule has 2 aliphatic heterocycles. The number of likely N-dealkylation sites (tertiary alicyclic amines) is 1. The lowest BCUT2D eigenvalue weighted by atomic mass is 9.75. The summed E-state index contributed by atoms with van der Waals surface area (Å²) >= 11 is 6.14. The molecule has 1 saturated heterocycles. The molecule has 31 heavy (non-hydrogen) atoms. The summed E-state index contributed by atoms with van der Waals surface area (Å²) in [5, 5.41) is 7.78. The summed E-state index contributed by atoms with van der Waals surface area (Å²) < 4.78 is 7.50. The molecule has 1 aromatic heterocycles. The predicted molar refractivity (Wildman–Crippen MR) is 118 cm³/mol. The number of rotatable bonds is 2. The first-order valence-electron chi connectivity index (χ1n) is 11.0. The van der Waals surface area contributed by atoms with Gasteiger partial charge in [0.1, 0.15) is 12.3 Å². The van der Waals surface area contributed by atoms with Crippen LogP contribution in [0, 0.1) is 5.41 Å². The Morgan fingerprint density at radius 1 is 1.23 bits per heavy atom. The summed E-state index contributed by atoms with van der Waals surface area (Å²) in [4.78, 5) is 27.8. The molecule has 1 N–H and O–H groups in total. The van der Waals surface area contributed by atoms with Gasteiger partial charge in [-0.25, -0.2) is 0 Å². The molecule has 166 valence electrons. The van der Waals surface area contributed by atoms with Gasteiger partial charge in [-0.05, 0) is 49.9 Å². The molecular formula is C23H29ClN4O3. The number of carbonyl (C=O) groups excluding carboxylic acids is 2. The van der Waals surface area contributed by atoms with E-state index in [1.165, 1.54) is 0 Å². The molecule has 1 unspecified atom stereocenters. The SMILES string of the molecule is O=C1NCC2(CCCCCOc3ccc(Cl)cc31)CCCN(C(=O)Cn1cccn1)C2. The van der Waals surface area contributed by atoms with E-state index in [0.717, 1.165) is 45.1 Å². The highest BCUT2D eigenvalue weighted by Gasteiger charge is 2.37. The van der Waals surface area contributed by atoms with Crippen LogP contribution in [0.4, 0.5) is 0 Å². The van der Waals surface area contributed by atoms with Gasteiger partial charge in [0.15, 0.2) is 0 Å². The molecule has 2 aromatic rings. The molecule has 2 aliphatic rings. The highest BCUT2D eigenvalue weighted by molar-refractivity contribution is 6.31. The van der Waals surface area contributed by atoms with E-state index >= 15 is 0 Å². The van der Waals surface area contributed by atoms with Gasteiger partial charge in [-0.3, -0.25) is 14.3 Å². The van der Waals surface area contributed by atoms with Crippen LogP contribution in [0.2, 0.25) is 5.02 Å². The highest BCUT2D eigenvalue weighted by Crippen LogP contribution is 2.36. The van der Waals surface area contributed by atoms with Crippen molar-refractivity contribution in [2.24, 2.45) is 5.41 Å². The molecule has 0 radical (unpaired) electrons. The minimum absolute atomic E-state index is 0.0748. The Balaban J connectivity index is 1.50. The second-order valence-electron chi connectivity index (χ2n) is 8.60. The van der Waals surface area contributed by atoms with E-state index in [4.69, 9.17) is 16.3 Å². The van der Waals surface area contributed by atoms with Crippen LogP contribution in [-0.2, 0) is 11.3 Å². The standard InChI is InChI=1S/C23H29ClN4O3/c24-18-6-7-20-19(14-18)22(30)25-16-23(8-2-1-3-13-31-20)9-4-11-27(17-23)21(29)15-28-12-5-10-26-28/h5-7,10,12,14H,1-4,8-9,11,13,15-17H2,(H,25,30). The van der Waals surface area contributed by atoms with Gasteiger partial charge < -0.3 is 15.0 Å². The minimum Gasteiger partial charge on any atom is -0.493 e. The first kappa shape index (κ1) is 21.7. The van der Waals surface area contributed by atoms with Crippen molar-refractivity contribution in [3.8, 4) is 5.75 Å². The van der Waals surface area contributed by atoms with Crippen LogP contribution in [0.15, 0.2) is 36.7 Å². The van der Waals surface area contributed by atoms with Crippen molar-refractivity contribution in [1.82, 2.24) is 20.0 Å². The van der Waals surface area contributed by atoms with Crippen molar-refractivity contribution in [2.45, 2.75) is 45.1 Å². The molecule has 1 aromatic carbocycles. The highest BCUT2D eigenvalue weighted by atomic mass is 35.5.